The molecule has 5 rings (SSSR count). The summed E-state index contributed by atoms with van der Waals surface area (Å²) in [5, 5.41) is 8.41. The third-order valence-corrected chi connectivity index (χ3v) is 6.91. The van der Waals surface area contributed by atoms with Crippen LogP contribution in [0.15, 0.2) is 30.6 Å². The Morgan fingerprint density at radius 1 is 1.09 bits per heavy atom. The maximum absolute atomic E-state index is 12.9. The lowest BCUT2D eigenvalue weighted by molar-refractivity contribution is -0.0356. The van der Waals surface area contributed by atoms with Crippen LogP contribution >= 0.6 is 0 Å². The van der Waals surface area contributed by atoms with Gasteiger partial charge < -0.3 is 14.5 Å². The summed E-state index contributed by atoms with van der Waals surface area (Å²) in [6, 6.07) is 5.60. The third kappa shape index (κ3) is 4.57. The molecule has 33 heavy (non-hydrogen) atoms. The number of ether oxygens (including phenoxy) is 1. The van der Waals surface area contributed by atoms with Crippen LogP contribution < -0.4 is 10.4 Å². The van der Waals surface area contributed by atoms with E-state index in [0.29, 0.717) is 17.9 Å². The number of carbonyl (C=O) groups excluding carboxylic acids is 2. The maximum Gasteiger partial charge on any atom is 0.255 e. The number of hydrogen-bond donors (Lipinski definition) is 1. The van der Waals surface area contributed by atoms with Crippen LogP contribution in [0.4, 0.5) is 11.5 Å². The van der Waals surface area contributed by atoms with Crippen LogP contribution in [-0.4, -0.2) is 59.1 Å². The zero-order valence-corrected chi connectivity index (χ0v) is 19.0. The first-order valence-corrected chi connectivity index (χ1v) is 12.0. The number of nitrogens with zero attached hydrogens (tertiary/aromatic N) is 4. The minimum atomic E-state index is -0.0588. The Bertz CT molecular complexity index is 1100. The van der Waals surface area contributed by atoms with Crippen LogP contribution in [0, 0.1) is 11.3 Å². The Hall–Kier alpha value is -3.00. The van der Waals surface area contributed by atoms with E-state index in [9.17, 15) is 9.59 Å². The molecule has 2 aromatic heterocycles. The van der Waals surface area contributed by atoms with Crippen LogP contribution in [0.5, 0.6) is 0 Å². The Balaban J connectivity index is 1.33. The molecule has 0 atom stereocenters. The summed E-state index contributed by atoms with van der Waals surface area (Å²) in [7, 11) is 0. The predicted octanol–water partition coefficient (Wildman–Crippen LogP) is 3.14. The van der Waals surface area contributed by atoms with Crippen molar-refractivity contribution in [2.24, 2.45) is 5.92 Å². The molecule has 0 bridgehead atoms. The zero-order chi connectivity index (χ0) is 22.8. The number of aryl methyl sites for hydroxylation is 1. The number of likely N-dealkylation sites (tertiary alicyclic amines) is 1. The van der Waals surface area contributed by atoms with Gasteiger partial charge in [-0.2, -0.15) is 0 Å². The average molecular weight is 450 g/mol. The van der Waals surface area contributed by atoms with Gasteiger partial charge in [-0.25, -0.2) is 4.98 Å². The number of hydrogen-bond acceptors (Lipinski definition) is 6. The molecule has 3 aliphatic rings. The van der Waals surface area contributed by atoms with Gasteiger partial charge in [0, 0.05) is 56.1 Å². The van der Waals surface area contributed by atoms with Gasteiger partial charge >= 0.3 is 0 Å². The van der Waals surface area contributed by atoms with E-state index in [4.69, 9.17) is 10.1 Å². The predicted molar refractivity (Wildman–Crippen MR) is 124 cm³/mol. The van der Waals surface area contributed by atoms with Gasteiger partial charge in [0.25, 0.3) is 5.91 Å². The lowest BCUT2D eigenvalue weighted by Crippen LogP contribution is -2.36. The Labute approximate surface area is 193 Å². The highest BCUT2D eigenvalue weighted by Gasteiger charge is 2.25. The lowest BCUT2D eigenvalue weighted by Gasteiger charge is -2.31. The van der Waals surface area contributed by atoms with Crippen molar-refractivity contribution in [1.82, 2.24) is 14.5 Å². The lowest BCUT2D eigenvalue weighted by atomic mass is 10.0. The van der Waals surface area contributed by atoms with E-state index >= 15 is 0 Å². The van der Waals surface area contributed by atoms with Crippen molar-refractivity contribution >= 4 is 23.3 Å². The van der Waals surface area contributed by atoms with Gasteiger partial charge in [0.2, 0.25) is 5.91 Å². The molecule has 0 spiro atoms. The largest absolute Gasteiger partial charge is 0.381 e. The van der Waals surface area contributed by atoms with Crippen LogP contribution in [-0.2, 0) is 11.2 Å². The second-order valence-corrected chi connectivity index (χ2v) is 9.29. The summed E-state index contributed by atoms with van der Waals surface area (Å²) in [4.78, 5) is 34.2. The molecule has 3 aliphatic heterocycles. The van der Waals surface area contributed by atoms with Gasteiger partial charge in [-0.3, -0.25) is 19.6 Å². The number of pyridine rings is 2. The Kier molecular flexibility index (Phi) is 6.26. The van der Waals surface area contributed by atoms with Gasteiger partial charge in [-0.1, -0.05) is 0 Å². The van der Waals surface area contributed by atoms with E-state index in [-0.39, 0.29) is 17.3 Å². The van der Waals surface area contributed by atoms with E-state index in [1.165, 1.54) is 11.0 Å². The van der Waals surface area contributed by atoms with Gasteiger partial charge in [0.05, 0.1) is 18.8 Å². The second-order valence-electron chi connectivity index (χ2n) is 9.29. The number of piperidine rings is 1. The zero-order valence-electron chi connectivity index (χ0n) is 19.0. The smallest absolute Gasteiger partial charge is 0.255 e. The van der Waals surface area contributed by atoms with E-state index in [2.05, 4.69) is 9.88 Å². The number of carbonyl (C=O) groups is 2. The molecule has 0 radical (unpaired) electrons. The number of rotatable bonds is 5. The molecule has 0 saturated carbocycles. The van der Waals surface area contributed by atoms with E-state index in [0.717, 1.165) is 82.0 Å². The van der Waals surface area contributed by atoms with Crippen molar-refractivity contribution in [2.45, 2.75) is 44.9 Å². The first-order valence-electron chi connectivity index (χ1n) is 12.0. The van der Waals surface area contributed by atoms with E-state index in [1.807, 2.05) is 17.0 Å². The molecule has 174 valence electrons. The minimum absolute atomic E-state index is 0.0588. The molecule has 2 saturated heterocycles. The number of anilines is 2. The summed E-state index contributed by atoms with van der Waals surface area (Å²) in [5.74, 6) is 1.32. The number of amides is 1. The highest BCUT2D eigenvalue weighted by molar-refractivity contribution is 5.94. The van der Waals surface area contributed by atoms with Crippen LogP contribution in [0.1, 0.15) is 59.2 Å². The second kappa shape index (κ2) is 9.47. The number of nitrogens with one attached hydrogen (secondary N) is 1. The summed E-state index contributed by atoms with van der Waals surface area (Å²) in [6.45, 7) is 3.91. The van der Waals surface area contributed by atoms with Crippen molar-refractivity contribution in [3.63, 3.8) is 0 Å². The summed E-state index contributed by atoms with van der Waals surface area (Å²) in [5.41, 5.74) is 2.74. The van der Waals surface area contributed by atoms with Crippen LogP contribution in [0.3, 0.4) is 0 Å². The van der Waals surface area contributed by atoms with Crippen molar-refractivity contribution in [3.8, 4) is 0 Å². The van der Waals surface area contributed by atoms with Crippen molar-refractivity contribution < 1.29 is 14.3 Å². The molecule has 1 N–H and O–H groups in total. The molecule has 0 aliphatic carbocycles. The van der Waals surface area contributed by atoms with Gasteiger partial charge in [-0.15, -0.1) is 0 Å². The fourth-order valence-corrected chi connectivity index (χ4v) is 4.89. The topological polar surface area (TPSA) is 91.5 Å². The van der Waals surface area contributed by atoms with E-state index in [1.54, 1.807) is 18.5 Å². The highest BCUT2D eigenvalue weighted by Crippen LogP contribution is 2.32. The summed E-state index contributed by atoms with van der Waals surface area (Å²) < 4.78 is 6.59. The normalized spacial score (nSPS) is 18.5. The molecule has 5 heterocycles. The number of fused-ring (bicyclic) bond motifs is 1. The SMILES string of the molecule is N=c1cc(N2CCCc3cc(C(=O)N4CCCCC4)cnc32)ccn1C(=O)CCC1COC1. The monoisotopic (exact) mass is 449 g/mol. The molecular formula is C25H31N5O3. The molecule has 0 unspecified atom stereocenters. The molecule has 1 amide bonds. The fourth-order valence-electron chi connectivity index (χ4n) is 4.89. The first-order chi connectivity index (χ1) is 16.1. The highest BCUT2D eigenvalue weighted by atomic mass is 16.5. The quantitative estimate of drug-likeness (QED) is 0.757. The van der Waals surface area contributed by atoms with Gasteiger partial charge in [-0.05, 0) is 56.2 Å². The maximum atomic E-state index is 12.9. The molecule has 8 heteroatoms. The molecule has 0 aromatic carbocycles. The van der Waals surface area contributed by atoms with Crippen LogP contribution in [0.25, 0.3) is 0 Å². The third-order valence-electron chi connectivity index (χ3n) is 6.91. The Morgan fingerprint density at radius 3 is 2.64 bits per heavy atom. The summed E-state index contributed by atoms with van der Waals surface area (Å²) >= 11 is 0. The standard InChI is InChI=1S/C25H31N5O3/c26-22-14-21(8-12-30(22)23(31)7-6-18-16-33-17-18)29-11-4-5-19-13-20(15-27-24(19)29)25(32)28-9-2-1-3-10-28/h8,12-15,18,26H,1-7,9-11,16-17H2. The molecule has 2 aromatic rings. The average Bonchev–Trinajstić information content (AvgIpc) is 2.82. The van der Waals surface area contributed by atoms with E-state index < -0.39 is 0 Å². The summed E-state index contributed by atoms with van der Waals surface area (Å²) in [6.07, 6.45) is 9.76. The minimum Gasteiger partial charge on any atom is -0.381 e. The molecule has 2 fully saturated rings. The molecule has 8 nitrogen and oxygen atoms in total. The van der Waals surface area contributed by atoms with Crippen molar-refractivity contribution in [2.75, 3.05) is 37.7 Å². The fraction of sp³-hybridized carbons (Fsp3) is 0.520. The van der Waals surface area contributed by atoms with Gasteiger partial charge in [0.1, 0.15) is 11.3 Å². The van der Waals surface area contributed by atoms with Crippen LogP contribution in [0.2, 0.25) is 0 Å². The molecular weight excluding hydrogens is 418 g/mol. The first kappa shape index (κ1) is 21.8. The van der Waals surface area contributed by atoms with Crippen molar-refractivity contribution in [3.05, 3.63) is 47.2 Å². The van der Waals surface area contributed by atoms with Gasteiger partial charge in [0.15, 0.2) is 0 Å². The number of aromatic nitrogens is 2. The van der Waals surface area contributed by atoms with Crippen molar-refractivity contribution in [1.29, 1.82) is 5.41 Å². The Morgan fingerprint density at radius 2 is 1.91 bits per heavy atom.